The van der Waals surface area contributed by atoms with Gasteiger partial charge in [0.15, 0.2) is 0 Å². The molecular formula is C11H23NO2S. The van der Waals surface area contributed by atoms with E-state index in [2.05, 4.69) is 26.1 Å². The van der Waals surface area contributed by atoms with E-state index in [1.165, 1.54) is 7.11 Å². The number of hydrogen-bond acceptors (Lipinski definition) is 4. The maximum absolute atomic E-state index is 11.4. The molecule has 90 valence electrons. The number of esters is 1. The van der Waals surface area contributed by atoms with Gasteiger partial charge in [-0.05, 0) is 24.6 Å². The van der Waals surface area contributed by atoms with Crippen LogP contribution in [0.5, 0.6) is 0 Å². The standard InChI is InChI=1S/C11H23NO2S/c1-5-6-12-10(11(13)14-4)8-15-7-9(2)3/h9-10,12H,5-8H2,1-4H3. The molecule has 0 radical (unpaired) electrons. The minimum atomic E-state index is -0.154. The lowest BCUT2D eigenvalue weighted by molar-refractivity contribution is -0.142. The van der Waals surface area contributed by atoms with Gasteiger partial charge in [0.25, 0.3) is 0 Å². The summed E-state index contributed by atoms with van der Waals surface area (Å²) in [6.45, 7) is 7.31. The lowest BCUT2D eigenvalue weighted by atomic mass is 10.3. The number of methoxy groups -OCH3 is 1. The molecule has 0 fully saturated rings. The van der Waals surface area contributed by atoms with Crippen molar-refractivity contribution in [3.8, 4) is 0 Å². The molecule has 3 nitrogen and oxygen atoms in total. The zero-order valence-corrected chi connectivity index (χ0v) is 11.0. The molecule has 0 aliphatic heterocycles. The van der Waals surface area contributed by atoms with Crippen LogP contribution in [0.2, 0.25) is 0 Å². The molecule has 0 saturated carbocycles. The molecule has 0 saturated heterocycles. The van der Waals surface area contributed by atoms with Crippen molar-refractivity contribution in [1.82, 2.24) is 5.32 Å². The first-order valence-corrected chi connectivity index (χ1v) is 6.66. The Hall–Kier alpha value is -0.220. The maximum atomic E-state index is 11.4. The number of carbonyl (C=O) groups is 1. The van der Waals surface area contributed by atoms with E-state index in [0.29, 0.717) is 5.92 Å². The second-order valence-electron chi connectivity index (χ2n) is 3.96. The number of hydrogen-bond donors (Lipinski definition) is 1. The van der Waals surface area contributed by atoms with Gasteiger partial charge in [0.1, 0.15) is 6.04 Å². The van der Waals surface area contributed by atoms with Crippen molar-refractivity contribution >= 4 is 17.7 Å². The Kier molecular flexibility index (Phi) is 8.91. The van der Waals surface area contributed by atoms with Crippen molar-refractivity contribution in [1.29, 1.82) is 0 Å². The van der Waals surface area contributed by atoms with Crippen LogP contribution >= 0.6 is 11.8 Å². The molecule has 0 rings (SSSR count). The minimum absolute atomic E-state index is 0.153. The number of thioether (sulfide) groups is 1. The van der Waals surface area contributed by atoms with Gasteiger partial charge in [0.2, 0.25) is 0 Å². The van der Waals surface area contributed by atoms with Crippen molar-refractivity contribution in [3.05, 3.63) is 0 Å². The average molecular weight is 233 g/mol. The van der Waals surface area contributed by atoms with E-state index in [4.69, 9.17) is 4.74 Å². The molecule has 0 aliphatic carbocycles. The Balaban J connectivity index is 3.84. The first kappa shape index (κ1) is 14.8. The van der Waals surface area contributed by atoms with E-state index in [0.717, 1.165) is 24.5 Å². The summed E-state index contributed by atoms with van der Waals surface area (Å²) in [7, 11) is 1.44. The molecular weight excluding hydrogens is 210 g/mol. The second-order valence-corrected chi connectivity index (χ2v) is 5.04. The molecule has 0 aromatic heterocycles. The second kappa shape index (κ2) is 9.04. The number of nitrogens with one attached hydrogen (secondary N) is 1. The number of carbonyl (C=O) groups excluding carboxylic acids is 1. The van der Waals surface area contributed by atoms with E-state index < -0.39 is 0 Å². The highest BCUT2D eigenvalue weighted by Crippen LogP contribution is 2.09. The van der Waals surface area contributed by atoms with Crippen LogP contribution in [0.4, 0.5) is 0 Å². The quantitative estimate of drug-likeness (QED) is 0.650. The summed E-state index contributed by atoms with van der Waals surface area (Å²) in [5.74, 6) is 2.39. The van der Waals surface area contributed by atoms with Gasteiger partial charge in [0, 0.05) is 5.75 Å². The maximum Gasteiger partial charge on any atom is 0.323 e. The van der Waals surface area contributed by atoms with E-state index in [9.17, 15) is 4.79 Å². The van der Waals surface area contributed by atoms with E-state index in [1.54, 1.807) is 11.8 Å². The van der Waals surface area contributed by atoms with Gasteiger partial charge in [-0.1, -0.05) is 20.8 Å². The number of ether oxygens (including phenoxy) is 1. The Morgan fingerprint density at radius 3 is 2.53 bits per heavy atom. The molecule has 0 amide bonds. The summed E-state index contributed by atoms with van der Waals surface area (Å²) >= 11 is 1.80. The van der Waals surface area contributed by atoms with Crippen molar-refractivity contribution in [2.45, 2.75) is 33.2 Å². The third-order valence-electron chi connectivity index (χ3n) is 1.86. The molecule has 0 aromatic carbocycles. The summed E-state index contributed by atoms with van der Waals surface area (Å²) < 4.78 is 4.75. The predicted octanol–water partition coefficient (Wildman–Crippen LogP) is 1.92. The fourth-order valence-corrected chi connectivity index (χ4v) is 2.19. The highest BCUT2D eigenvalue weighted by Gasteiger charge is 2.17. The van der Waals surface area contributed by atoms with E-state index >= 15 is 0 Å². The summed E-state index contributed by atoms with van der Waals surface area (Å²) in [5, 5.41) is 3.20. The zero-order chi connectivity index (χ0) is 11.7. The molecule has 0 bridgehead atoms. The normalized spacial score (nSPS) is 12.9. The summed E-state index contributed by atoms with van der Waals surface area (Å²) in [5.41, 5.74) is 0. The van der Waals surface area contributed by atoms with Crippen LogP contribution in [-0.2, 0) is 9.53 Å². The van der Waals surface area contributed by atoms with Gasteiger partial charge >= 0.3 is 5.97 Å². The van der Waals surface area contributed by atoms with Gasteiger partial charge in [0.05, 0.1) is 7.11 Å². The smallest absolute Gasteiger partial charge is 0.323 e. The Morgan fingerprint density at radius 2 is 2.07 bits per heavy atom. The SMILES string of the molecule is CCCNC(CSCC(C)C)C(=O)OC. The van der Waals surface area contributed by atoms with E-state index in [1.807, 2.05) is 0 Å². The highest BCUT2D eigenvalue weighted by molar-refractivity contribution is 7.99. The summed E-state index contributed by atoms with van der Waals surface area (Å²) in [6, 6.07) is -0.154. The van der Waals surface area contributed by atoms with Gasteiger partial charge in [-0.3, -0.25) is 4.79 Å². The largest absolute Gasteiger partial charge is 0.468 e. The molecule has 1 N–H and O–H groups in total. The first-order valence-electron chi connectivity index (χ1n) is 5.50. The Labute approximate surface area is 97.3 Å². The van der Waals surface area contributed by atoms with Crippen LogP contribution in [0.15, 0.2) is 0 Å². The molecule has 0 aromatic rings. The van der Waals surface area contributed by atoms with Crippen molar-refractivity contribution < 1.29 is 9.53 Å². The van der Waals surface area contributed by atoms with Gasteiger partial charge in [-0.15, -0.1) is 0 Å². The molecule has 1 unspecified atom stereocenters. The van der Waals surface area contributed by atoms with Crippen LogP contribution in [0.3, 0.4) is 0 Å². The Morgan fingerprint density at radius 1 is 1.40 bits per heavy atom. The van der Waals surface area contributed by atoms with Crippen LogP contribution in [0.25, 0.3) is 0 Å². The molecule has 0 aliphatic rings. The highest BCUT2D eigenvalue weighted by atomic mass is 32.2. The van der Waals surface area contributed by atoms with Crippen LogP contribution in [0.1, 0.15) is 27.2 Å². The topological polar surface area (TPSA) is 38.3 Å². The van der Waals surface area contributed by atoms with Gasteiger partial charge in [-0.25, -0.2) is 0 Å². The fraction of sp³-hybridized carbons (Fsp3) is 0.909. The zero-order valence-electron chi connectivity index (χ0n) is 10.2. The van der Waals surface area contributed by atoms with Crippen molar-refractivity contribution in [2.75, 3.05) is 25.2 Å². The van der Waals surface area contributed by atoms with Crippen molar-refractivity contribution in [2.24, 2.45) is 5.92 Å². The Bertz CT molecular complexity index is 174. The minimum Gasteiger partial charge on any atom is -0.468 e. The predicted molar refractivity (Wildman–Crippen MR) is 66.3 cm³/mol. The van der Waals surface area contributed by atoms with Crippen LogP contribution in [0, 0.1) is 5.92 Å². The molecule has 0 spiro atoms. The molecule has 1 atom stereocenters. The number of rotatable bonds is 8. The molecule has 0 heterocycles. The van der Waals surface area contributed by atoms with Crippen LogP contribution in [-0.4, -0.2) is 37.2 Å². The third-order valence-corrected chi connectivity index (χ3v) is 3.33. The van der Waals surface area contributed by atoms with Crippen LogP contribution < -0.4 is 5.32 Å². The average Bonchev–Trinajstić information content (AvgIpc) is 2.21. The fourth-order valence-electron chi connectivity index (χ4n) is 1.09. The molecule has 4 heteroatoms. The summed E-state index contributed by atoms with van der Waals surface area (Å²) in [4.78, 5) is 11.4. The first-order chi connectivity index (χ1) is 7.11. The van der Waals surface area contributed by atoms with Gasteiger partial charge < -0.3 is 10.1 Å². The van der Waals surface area contributed by atoms with E-state index in [-0.39, 0.29) is 12.0 Å². The third kappa shape index (κ3) is 7.68. The lowest BCUT2D eigenvalue weighted by Gasteiger charge is -2.16. The van der Waals surface area contributed by atoms with Gasteiger partial charge in [-0.2, -0.15) is 11.8 Å². The molecule has 15 heavy (non-hydrogen) atoms. The monoisotopic (exact) mass is 233 g/mol. The van der Waals surface area contributed by atoms with Crippen molar-refractivity contribution in [3.63, 3.8) is 0 Å². The lowest BCUT2D eigenvalue weighted by Crippen LogP contribution is -2.40. The summed E-state index contributed by atoms with van der Waals surface area (Å²) in [6.07, 6.45) is 1.03.